The summed E-state index contributed by atoms with van der Waals surface area (Å²) in [5, 5.41) is 0. The number of nitrogens with two attached hydrogens (primary N) is 2. The predicted octanol–water partition coefficient (Wildman–Crippen LogP) is 2.67. The molecule has 0 aliphatic rings. The van der Waals surface area contributed by atoms with E-state index in [1.165, 1.54) is 0 Å². The molecule has 0 saturated carbocycles. The van der Waals surface area contributed by atoms with Gasteiger partial charge in [0.2, 0.25) is 0 Å². The lowest BCUT2D eigenvalue weighted by Crippen LogP contribution is -2.17. The van der Waals surface area contributed by atoms with E-state index in [-0.39, 0.29) is 11.5 Å². The Bertz CT molecular complexity index is 920. The fraction of sp³-hybridized carbons (Fsp3) is 0.111. The van der Waals surface area contributed by atoms with Crippen molar-refractivity contribution >= 4 is 11.5 Å². The lowest BCUT2D eigenvalue weighted by Gasteiger charge is -2.12. The predicted molar refractivity (Wildman–Crippen MR) is 95.7 cm³/mol. The van der Waals surface area contributed by atoms with E-state index in [2.05, 4.69) is 9.97 Å². The SMILES string of the molecule is CCOc1cc(-c2ccccc2)ccc1-c1nc(N)c(N)c(=O)[nH]1. The van der Waals surface area contributed by atoms with Gasteiger partial charge in [-0.05, 0) is 30.2 Å². The summed E-state index contributed by atoms with van der Waals surface area (Å²) in [7, 11) is 0. The molecular formula is C18H18N4O2. The maximum Gasteiger partial charge on any atom is 0.276 e. The van der Waals surface area contributed by atoms with Crippen molar-refractivity contribution in [2.45, 2.75) is 6.92 Å². The second-order valence-corrected chi connectivity index (χ2v) is 5.22. The smallest absolute Gasteiger partial charge is 0.276 e. The second kappa shape index (κ2) is 6.45. The largest absolute Gasteiger partial charge is 0.493 e. The number of hydrogen-bond acceptors (Lipinski definition) is 5. The minimum Gasteiger partial charge on any atom is -0.493 e. The van der Waals surface area contributed by atoms with Crippen LogP contribution in [0.3, 0.4) is 0 Å². The van der Waals surface area contributed by atoms with Gasteiger partial charge in [0.1, 0.15) is 17.3 Å². The molecule has 0 aliphatic carbocycles. The van der Waals surface area contributed by atoms with E-state index in [0.717, 1.165) is 11.1 Å². The number of rotatable bonds is 4. The Balaban J connectivity index is 2.13. The molecule has 0 amide bonds. The van der Waals surface area contributed by atoms with Gasteiger partial charge in [0, 0.05) is 0 Å². The van der Waals surface area contributed by atoms with Crippen molar-refractivity contribution in [3.63, 3.8) is 0 Å². The minimum absolute atomic E-state index is 0.00309. The molecule has 0 radical (unpaired) electrons. The molecule has 1 heterocycles. The first-order chi connectivity index (χ1) is 11.6. The van der Waals surface area contributed by atoms with Crippen LogP contribution >= 0.6 is 0 Å². The zero-order valence-corrected chi connectivity index (χ0v) is 13.2. The molecule has 3 aromatic rings. The summed E-state index contributed by atoms with van der Waals surface area (Å²) >= 11 is 0. The molecule has 122 valence electrons. The van der Waals surface area contributed by atoms with Crippen molar-refractivity contribution in [1.29, 1.82) is 0 Å². The number of nitrogens with zero attached hydrogens (tertiary/aromatic N) is 1. The number of benzene rings is 2. The van der Waals surface area contributed by atoms with Gasteiger partial charge >= 0.3 is 0 Å². The van der Waals surface area contributed by atoms with Gasteiger partial charge in [0.15, 0.2) is 5.82 Å². The second-order valence-electron chi connectivity index (χ2n) is 5.22. The quantitative estimate of drug-likeness (QED) is 0.684. The molecule has 0 spiro atoms. The number of hydrogen-bond donors (Lipinski definition) is 3. The van der Waals surface area contributed by atoms with Crippen molar-refractivity contribution in [1.82, 2.24) is 9.97 Å². The van der Waals surface area contributed by atoms with Crippen molar-refractivity contribution in [3.8, 4) is 28.3 Å². The molecule has 24 heavy (non-hydrogen) atoms. The van der Waals surface area contributed by atoms with Gasteiger partial charge in [0.25, 0.3) is 5.56 Å². The molecule has 0 saturated heterocycles. The highest BCUT2D eigenvalue weighted by Crippen LogP contribution is 2.33. The monoisotopic (exact) mass is 322 g/mol. The Hall–Kier alpha value is -3.28. The number of nitrogens with one attached hydrogen (secondary N) is 1. The Kier molecular flexibility index (Phi) is 4.20. The van der Waals surface area contributed by atoms with Crippen LogP contribution in [0.1, 0.15) is 6.92 Å². The third-order valence-corrected chi connectivity index (χ3v) is 3.63. The zero-order valence-electron chi connectivity index (χ0n) is 13.2. The molecule has 0 atom stereocenters. The number of aromatic nitrogens is 2. The summed E-state index contributed by atoms with van der Waals surface area (Å²) in [6, 6.07) is 15.7. The molecule has 5 N–H and O–H groups in total. The molecule has 0 aliphatic heterocycles. The summed E-state index contributed by atoms with van der Waals surface area (Å²) < 4.78 is 5.73. The lowest BCUT2D eigenvalue weighted by atomic mass is 10.0. The average molecular weight is 322 g/mol. The van der Waals surface area contributed by atoms with Crippen LogP contribution in [0.15, 0.2) is 53.3 Å². The number of aromatic amines is 1. The highest BCUT2D eigenvalue weighted by atomic mass is 16.5. The molecule has 6 heteroatoms. The first-order valence-electron chi connectivity index (χ1n) is 7.58. The Labute approximate surface area is 139 Å². The molecule has 1 aromatic heterocycles. The van der Waals surface area contributed by atoms with Crippen LogP contribution in [0.25, 0.3) is 22.5 Å². The van der Waals surface area contributed by atoms with Crippen LogP contribution < -0.4 is 21.8 Å². The minimum atomic E-state index is -0.466. The molecule has 0 fully saturated rings. The molecule has 3 rings (SSSR count). The topological polar surface area (TPSA) is 107 Å². The first kappa shape index (κ1) is 15.6. The number of nitrogen functional groups attached to an aromatic ring is 2. The number of H-pyrrole nitrogens is 1. The van der Waals surface area contributed by atoms with Gasteiger partial charge in [-0.1, -0.05) is 36.4 Å². The highest BCUT2D eigenvalue weighted by molar-refractivity contribution is 5.74. The lowest BCUT2D eigenvalue weighted by molar-refractivity contribution is 0.341. The first-order valence-corrected chi connectivity index (χ1v) is 7.58. The summed E-state index contributed by atoms with van der Waals surface area (Å²) in [4.78, 5) is 18.7. The molecule has 0 bridgehead atoms. The summed E-state index contributed by atoms with van der Waals surface area (Å²) in [5.41, 5.74) is 13.5. The van der Waals surface area contributed by atoms with E-state index in [4.69, 9.17) is 16.2 Å². The van der Waals surface area contributed by atoms with Crippen molar-refractivity contribution in [2.24, 2.45) is 0 Å². The van der Waals surface area contributed by atoms with Gasteiger partial charge in [-0.15, -0.1) is 0 Å². The molecule has 2 aromatic carbocycles. The standard InChI is InChI=1S/C18H18N4O2/c1-2-24-14-10-12(11-6-4-3-5-7-11)8-9-13(14)17-21-16(20)15(19)18(23)22-17/h3-10H,2,19H2,1H3,(H3,20,21,22,23). The van der Waals surface area contributed by atoms with Gasteiger partial charge in [-0.3, -0.25) is 4.79 Å². The maximum atomic E-state index is 11.9. The van der Waals surface area contributed by atoms with Gasteiger partial charge < -0.3 is 21.2 Å². The van der Waals surface area contributed by atoms with Gasteiger partial charge in [0.05, 0.1) is 12.2 Å². The number of ether oxygens (including phenoxy) is 1. The summed E-state index contributed by atoms with van der Waals surface area (Å²) in [6.45, 7) is 2.38. The Morgan fingerprint density at radius 1 is 1.08 bits per heavy atom. The zero-order chi connectivity index (χ0) is 17.1. The number of anilines is 2. The summed E-state index contributed by atoms with van der Waals surface area (Å²) in [6.07, 6.45) is 0. The van der Waals surface area contributed by atoms with Crippen LogP contribution in [0.5, 0.6) is 5.75 Å². The Morgan fingerprint density at radius 2 is 1.83 bits per heavy atom. The highest BCUT2D eigenvalue weighted by Gasteiger charge is 2.13. The van der Waals surface area contributed by atoms with Crippen LogP contribution in [0, 0.1) is 0 Å². The van der Waals surface area contributed by atoms with Crippen LogP contribution in [0.2, 0.25) is 0 Å². The maximum absolute atomic E-state index is 11.9. The van der Waals surface area contributed by atoms with E-state index < -0.39 is 5.56 Å². The Morgan fingerprint density at radius 3 is 2.50 bits per heavy atom. The van der Waals surface area contributed by atoms with Crippen LogP contribution in [0.4, 0.5) is 11.5 Å². The fourth-order valence-corrected chi connectivity index (χ4v) is 2.43. The molecule has 0 unspecified atom stereocenters. The summed E-state index contributed by atoms with van der Waals surface area (Å²) in [5.74, 6) is 0.948. The van der Waals surface area contributed by atoms with E-state index in [1.807, 2.05) is 55.5 Å². The molecular weight excluding hydrogens is 304 g/mol. The van der Waals surface area contributed by atoms with Crippen molar-refractivity contribution in [3.05, 3.63) is 58.9 Å². The average Bonchev–Trinajstić information content (AvgIpc) is 2.60. The van der Waals surface area contributed by atoms with Crippen LogP contribution in [-0.2, 0) is 0 Å². The van der Waals surface area contributed by atoms with Crippen molar-refractivity contribution in [2.75, 3.05) is 18.1 Å². The normalized spacial score (nSPS) is 10.5. The van der Waals surface area contributed by atoms with Gasteiger partial charge in [-0.25, -0.2) is 4.98 Å². The van der Waals surface area contributed by atoms with E-state index in [1.54, 1.807) is 0 Å². The fourth-order valence-electron chi connectivity index (χ4n) is 2.43. The van der Waals surface area contributed by atoms with Gasteiger partial charge in [-0.2, -0.15) is 0 Å². The van der Waals surface area contributed by atoms with E-state index >= 15 is 0 Å². The van der Waals surface area contributed by atoms with E-state index in [9.17, 15) is 4.79 Å². The third-order valence-electron chi connectivity index (χ3n) is 3.63. The van der Waals surface area contributed by atoms with Crippen LogP contribution in [-0.4, -0.2) is 16.6 Å². The third kappa shape index (κ3) is 2.94. The van der Waals surface area contributed by atoms with Crippen molar-refractivity contribution < 1.29 is 4.74 Å². The molecule has 6 nitrogen and oxygen atoms in total. The van der Waals surface area contributed by atoms with E-state index in [0.29, 0.717) is 23.7 Å².